The van der Waals surface area contributed by atoms with Crippen molar-refractivity contribution in [2.24, 2.45) is 11.7 Å². The van der Waals surface area contributed by atoms with Crippen molar-refractivity contribution in [1.29, 1.82) is 0 Å². The van der Waals surface area contributed by atoms with E-state index in [1.807, 2.05) is 30.3 Å². The molecular formula is C14H19N3O2. The predicted molar refractivity (Wildman–Crippen MR) is 71.7 cm³/mol. The zero-order valence-corrected chi connectivity index (χ0v) is 11.2. The fourth-order valence-corrected chi connectivity index (χ4v) is 1.80. The average Bonchev–Trinajstić information content (AvgIpc) is 2.87. The van der Waals surface area contributed by atoms with Gasteiger partial charge in [0.25, 0.3) is 0 Å². The van der Waals surface area contributed by atoms with Crippen LogP contribution in [0.3, 0.4) is 0 Å². The van der Waals surface area contributed by atoms with Gasteiger partial charge >= 0.3 is 0 Å². The Morgan fingerprint density at radius 3 is 2.63 bits per heavy atom. The van der Waals surface area contributed by atoms with Crippen LogP contribution in [0.2, 0.25) is 0 Å². The van der Waals surface area contributed by atoms with Crippen molar-refractivity contribution < 1.29 is 9.26 Å². The molecule has 1 aromatic heterocycles. The third-order valence-electron chi connectivity index (χ3n) is 2.97. The molecule has 1 unspecified atom stereocenters. The minimum absolute atomic E-state index is 0.0953. The van der Waals surface area contributed by atoms with Gasteiger partial charge in [-0.1, -0.05) is 37.2 Å². The summed E-state index contributed by atoms with van der Waals surface area (Å²) in [4.78, 5) is 4.33. The summed E-state index contributed by atoms with van der Waals surface area (Å²) in [7, 11) is 0. The molecule has 0 aliphatic carbocycles. The monoisotopic (exact) mass is 261 g/mol. The van der Waals surface area contributed by atoms with Gasteiger partial charge in [0, 0.05) is 6.54 Å². The van der Waals surface area contributed by atoms with Crippen LogP contribution >= 0.6 is 0 Å². The number of nitrogens with zero attached hydrogens (tertiary/aromatic N) is 2. The Bertz CT molecular complexity index is 496. The molecule has 0 aliphatic rings. The number of aromatic nitrogens is 2. The zero-order chi connectivity index (χ0) is 13.7. The Labute approximate surface area is 112 Å². The van der Waals surface area contributed by atoms with Gasteiger partial charge in [-0.05, 0) is 18.1 Å². The first kappa shape index (κ1) is 13.5. The van der Waals surface area contributed by atoms with Gasteiger partial charge in [-0.3, -0.25) is 0 Å². The lowest BCUT2D eigenvalue weighted by molar-refractivity contribution is 0.281. The maximum absolute atomic E-state index is 5.72. The maximum Gasteiger partial charge on any atom is 0.231 e. The third-order valence-corrected chi connectivity index (χ3v) is 2.97. The van der Waals surface area contributed by atoms with Crippen LogP contribution in [0.1, 0.15) is 31.5 Å². The van der Waals surface area contributed by atoms with E-state index in [0.717, 1.165) is 5.75 Å². The molecule has 0 aliphatic heterocycles. The Balaban J connectivity index is 1.97. The Hall–Kier alpha value is -1.88. The summed E-state index contributed by atoms with van der Waals surface area (Å²) in [6.45, 7) is 4.96. The van der Waals surface area contributed by atoms with E-state index in [2.05, 4.69) is 24.0 Å². The molecule has 0 bridgehead atoms. The first-order valence-corrected chi connectivity index (χ1v) is 6.41. The molecule has 2 N–H and O–H groups in total. The SMILES string of the molecule is CC(C)C(CN)c1nc(COc2ccccc2)no1. The van der Waals surface area contributed by atoms with Crippen molar-refractivity contribution in [2.45, 2.75) is 26.4 Å². The largest absolute Gasteiger partial charge is 0.485 e. The normalized spacial score (nSPS) is 12.6. The quantitative estimate of drug-likeness (QED) is 0.864. The van der Waals surface area contributed by atoms with Gasteiger partial charge in [0.1, 0.15) is 5.75 Å². The first-order valence-electron chi connectivity index (χ1n) is 6.41. The fraction of sp³-hybridized carbons (Fsp3) is 0.429. The summed E-state index contributed by atoms with van der Waals surface area (Å²) >= 11 is 0. The number of rotatable bonds is 6. The van der Waals surface area contributed by atoms with Gasteiger partial charge in [0.15, 0.2) is 6.61 Å². The summed E-state index contributed by atoms with van der Waals surface area (Å²) < 4.78 is 10.8. The number of nitrogens with two attached hydrogens (primary N) is 1. The number of para-hydroxylation sites is 1. The average molecular weight is 261 g/mol. The molecule has 5 nitrogen and oxygen atoms in total. The summed E-state index contributed by atoms with van der Waals surface area (Å²) in [5, 5.41) is 3.92. The van der Waals surface area contributed by atoms with E-state index in [1.165, 1.54) is 0 Å². The van der Waals surface area contributed by atoms with Crippen LogP contribution in [0.4, 0.5) is 0 Å². The highest BCUT2D eigenvalue weighted by Crippen LogP contribution is 2.21. The van der Waals surface area contributed by atoms with Gasteiger partial charge in [-0.2, -0.15) is 4.98 Å². The molecule has 2 aromatic rings. The lowest BCUT2D eigenvalue weighted by Crippen LogP contribution is -2.18. The smallest absolute Gasteiger partial charge is 0.231 e. The van der Waals surface area contributed by atoms with Crippen molar-refractivity contribution in [3.8, 4) is 5.75 Å². The van der Waals surface area contributed by atoms with Crippen molar-refractivity contribution in [3.63, 3.8) is 0 Å². The van der Waals surface area contributed by atoms with Crippen molar-refractivity contribution in [1.82, 2.24) is 10.1 Å². The maximum atomic E-state index is 5.72. The Kier molecular flexibility index (Phi) is 4.52. The van der Waals surface area contributed by atoms with E-state index >= 15 is 0 Å². The van der Waals surface area contributed by atoms with Crippen LogP contribution in [0, 0.1) is 5.92 Å². The van der Waals surface area contributed by atoms with Gasteiger partial charge in [0.2, 0.25) is 11.7 Å². The van der Waals surface area contributed by atoms with E-state index in [9.17, 15) is 0 Å². The van der Waals surface area contributed by atoms with Crippen molar-refractivity contribution >= 4 is 0 Å². The summed E-state index contributed by atoms with van der Waals surface area (Å²) in [5.41, 5.74) is 5.72. The van der Waals surface area contributed by atoms with Crippen LogP contribution < -0.4 is 10.5 Å². The van der Waals surface area contributed by atoms with E-state index < -0.39 is 0 Å². The topological polar surface area (TPSA) is 74.2 Å². The number of ether oxygens (including phenoxy) is 1. The minimum atomic E-state index is 0.0953. The molecule has 5 heteroatoms. The summed E-state index contributed by atoms with van der Waals surface area (Å²) in [6, 6.07) is 9.55. The molecule has 1 heterocycles. The lowest BCUT2D eigenvalue weighted by atomic mass is 9.96. The van der Waals surface area contributed by atoms with E-state index in [4.69, 9.17) is 15.0 Å². The van der Waals surface area contributed by atoms with Crippen LogP contribution in [0.25, 0.3) is 0 Å². The molecule has 0 radical (unpaired) electrons. The molecule has 19 heavy (non-hydrogen) atoms. The number of hydrogen-bond donors (Lipinski definition) is 1. The highest BCUT2D eigenvalue weighted by molar-refractivity contribution is 5.20. The van der Waals surface area contributed by atoms with E-state index in [0.29, 0.717) is 30.8 Å². The minimum Gasteiger partial charge on any atom is -0.485 e. The number of benzene rings is 1. The zero-order valence-electron chi connectivity index (χ0n) is 11.2. The fourth-order valence-electron chi connectivity index (χ4n) is 1.80. The van der Waals surface area contributed by atoms with Gasteiger partial charge in [-0.15, -0.1) is 0 Å². The molecule has 0 saturated carbocycles. The molecule has 0 fully saturated rings. The molecule has 0 spiro atoms. The van der Waals surface area contributed by atoms with Crippen LogP contribution in [-0.4, -0.2) is 16.7 Å². The molecule has 1 atom stereocenters. The summed E-state index contributed by atoms with van der Waals surface area (Å²) in [6.07, 6.45) is 0. The van der Waals surface area contributed by atoms with Gasteiger partial charge in [-0.25, -0.2) is 0 Å². The first-order chi connectivity index (χ1) is 9.20. The summed E-state index contributed by atoms with van der Waals surface area (Å²) in [5.74, 6) is 2.38. The van der Waals surface area contributed by atoms with E-state index in [1.54, 1.807) is 0 Å². The Morgan fingerprint density at radius 1 is 1.26 bits per heavy atom. The molecule has 1 aromatic carbocycles. The van der Waals surface area contributed by atoms with Gasteiger partial charge in [0.05, 0.1) is 5.92 Å². The Morgan fingerprint density at radius 2 is 2.00 bits per heavy atom. The van der Waals surface area contributed by atoms with Crippen molar-refractivity contribution in [2.75, 3.05) is 6.54 Å². The van der Waals surface area contributed by atoms with E-state index in [-0.39, 0.29) is 5.92 Å². The molecule has 0 saturated heterocycles. The van der Waals surface area contributed by atoms with Crippen LogP contribution in [0.5, 0.6) is 5.75 Å². The standard InChI is InChI=1S/C14H19N3O2/c1-10(2)12(8-15)14-16-13(17-19-14)9-18-11-6-4-3-5-7-11/h3-7,10,12H,8-9,15H2,1-2H3. The number of hydrogen-bond acceptors (Lipinski definition) is 5. The highest BCUT2D eigenvalue weighted by atomic mass is 16.5. The lowest BCUT2D eigenvalue weighted by Gasteiger charge is -2.13. The van der Waals surface area contributed by atoms with Crippen molar-refractivity contribution in [3.05, 3.63) is 42.0 Å². The molecule has 102 valence electrons. The third kappa shape index (κ3) is 3.54. The van der Waals surface area contributed by atoms with Gasteiger partial charge < -0.3 is 15.0 Å². The van der Waals surface area contributed by atoms with Crippen LogP contribution in [-0.2, 0) is 6.61 Å². The second-order valence-electron chi connectivity index (χ2n) is 4.74. The highest BCUT2D eigenvalue weighted by Gasteiger charge is 2.21. The predicted octanol–water partition coefficient (Wildman–Crippen LogP) is 2.35. The second-order valence-corrected chi connectivity index (χ2v) is 4.74. The molecule has 0 amide bonds. The van der Waals surface area contributed by atoms with Crippen LogP contribution in [0.15, 0.2) is 34.9 Å². The second kappa shape index (κ2) is 6.33. The molecule has 2 rings (SSSR count). The molecular weight excluding hydrogens is 242 g/mol.